The van der Waals surface area contributed by atoms with Crippen molar-refractivity contribution in [1.82, 2.24) is 0 Å². The Kier molecular flexibility index (Phi) is 2.69. The van der Waals surface area contributed by atoms with Gasteiger partial charge in [-0.15, -0.1) is 0 Å². The van der Waals surface area contributed by atoms with E-state index in [4.69, 9.17) is 5.11 Å². The van der Waals surface area contributed by atoms with E-state index in [-0.39, 0.29) is 0 Å². The monoisotopic (exact) mass is 258 g/mol. The predicted molar refractivity (Wildman–Crippen MR) is 58.9 cm³/mol. The summed E-state index contributed by atoms with van der Waals surface area (Å²) < 4.78 is 35.9. The molecule has 0 saturated heterocycles. The number of sulfone groups is 1. The molecule has 0 aliphatic heterocycles. The summed E-state index contributed by atoms with van der Waals surface area (Å²) in [6, 6.07) is 5.42. The lowest BCUT2D eigenvalue weighted by molar-refractivity contribution is -0.138. The van der Waals surface area contributed by atoms with Crippen LogP contribution in [0.25, 0.3) is 0 Å². The fraction of sp³-hybridized carbons (Fsp3) is 0.364. The van der Waals surface area contributed by atoms with E-state index < -0.39 is 38.7 Å². The molecule has 2 rings (SSSR count). The number of hydrogen-bond acceptors (Lipinski definition) is 3. The van der Waals surface area contributed by atoms with Crippen molar-refractivity contribution in [1.29, 1.82) is 0 Å². The van der Waals surface area contributed by atoms with Gasteiger partial charge in [0.1, 0.15) is 5.82 Å². The highest BCUT2D eigenvalue weighted by Gasteiger charge is 2.61. The van der Waals surface area contributed by atoms with Gasteiger partial charge in [-0.3, -0.25) is 4.79 Å². The van der Waals surface area contributed by atoms with Crippen LogP contribution in [0, 0.1) is 11.7 Å². The Morgan fingerprint density at radius 1 is 1.41 bits per heavy atom. The maximum Gasteiger partial charge on any atom is 0.308 e. The number of halogens is 1. The zero-order valence-corrected chi connectivity index (χ0v) is 9.82. The number of hydrogen-bond donors (Lipinski definition) is 1. The molecule has 1 aromatic rings. The third-order valence-electron chi connectivity index (χ3n) is 2.97. The second kappa shape index (κ2) is 3.80. The van der Waals surface area contributed by atoms with Gasteiger partial charge < -0.3 is 5.11 Å². The first-order valence-corrected chi connectivity index (χ1v) is 6.95. The molecule has 0 heterocycles. The van der Waals surface area contributed by atoms with E-state index in [1.165, 1.54) is 18.2 Å². The second-order valence-corrected chi connectivity index (χ2v) is 6.44. The molecule has 0 radical (unpaired) electrons. The van der Waals surface area contributed by atoms with Gasteiger partial charge in [-0.1, -0.05) is 12.1 Å². The van der Waals surface area contributed by atoms with Crippen LogP contribution in [-0.4, -0.2) is 31.0 Å². The lowest BCUT2D eigenvalue weighted by atomic mass is 10.1. The lowest BCUT2D eigenvalue weighted by Gasteiger charge is -1.98. The van der Waals surface area contributed by atoms with E-state index in [1.807, 2.05) is 0 Å². The van der Waals surface area contributed by atoms with Gasteiger partial charge in [0, 0.05) is 12.2 Å². The van der Waals surface area contributed by atoms with E-state index in [0.717, 1.165) is 6.26 Å². The molecule has 1 fully saturated rings. The fourth-order valence-electron chi connectivity index (χ4n) is 2.22. The molecule has 6 heteroatoms. The first-order valence-electron chi connectivity index (χ1n) is 4.99. The molecular formula is C11H11FO4S. The van der Waals surface area contributed by atoms with Crippen LogP contribution >= 0.6 is 0 Å². The highest BCUT2D eigenvalue weighted by Crippen LogP contribution is 2.52. The SMILES string of the molecule is CS(=O)(=O)[C@@H]1[C@H](C(=O)O)[C@H]1c1cccc(F)c1. The van der Waals surface area contributed by atoms with E-state index in [2.05, 4.69) is 0 Å². The van der Waals surface area contributed by atoms with Crippen molar-refractivity contribution in [3.8, 4) is 0 Å². The molecule has 92 valence electrons. The van der Waals surface area contributed by atoms with Gasteiger partial charge in [-0.2, -0.15) is 0 Å². The minimum absolute atomic E-state index is 0.424. The molecule has 3 atom stereocenters. The van der Waals surface area contributed by atoms with Crippen molar-refractivity contribution < 1.29 is 22.7 Å². The van der Waals surface area contributed by atoms with E-state index >= 15 is 0 Å². The first kappa shape index (κ1) is 12.0. The average Bonchev–Trinajstić information content (AvgIpc) is 2.91. The fourth-order valence-corrected chi connectivity index (χ4v) is 3.81. The second-order valence-electron chi connectivity index (χ2n) is 4.24. The Labute approximate surface area is 98.0 Å². The van der Waals surface area contributed by atoms with Crippen LogP contribution in [0.3, 0.4) is 0 Å². The molecule has 0 aromatic heterocycles. The van der Waals surface area contributed by atoms with Crippen molar-refractivity contribution in [2.24, 2.45) is 5.92 Å². The lowest BCUT2D eigenvalue weighted by Crippen LogP contribution is -2.10. The van der Waals surface area contributed by atoms with Gasteiger partial charge in [-0.05, 0) is 17.7 Å². The zero-order chi connectivity index (χ0) is 12.8. The Balaban J connectivity index is 2.37. The highest BCUT2D eigenvalue weighted by molar-refractivity contribution is 7.91. The van der Waals surface area contributed by atoms with Crippen molar-refractivity contribution in [2.75, 3.05) is 6.26 Å². The van der Waals surface area contributed by atoms with Crippen LogP contribution in [0.2, 0.25) is 0 Å². The summed E-state index contributed by atoms with van der Waals surface area (Å²) in [5.41, 5.74) is 0.424. The standard InChI is InChI=1S/C11H11FO4S/c1-17(15,16)10-8(9(10)11(13)14)6-3-2-4-7(12)5-6/h2-5,8-10H,1H3,(H,13,14)/t8-,9-,10+/m1/s1. The van der Waals surface area contributed by atoms with Gasteiger partial charge in [0.25, 0.3) is 0 Å². The molecule has 1 aromatic carbocycles. The number of benzene rings is 1. The van der Waals surface area contributed by atoms with Crippen molar-refractivity contribution in [2.45, 2.75) is 11.2 Å². The third kappa shape index (κ3) is 2.17. The Morgan fingerprint density at radius 3 is 2.47 bits per heavy atom. The number of carboxylic acid groups (broad SMARTS) is 1. The quantitative estimate of drug-likeness (QED) is 0.879. The Morgan fingerprint density at radius 2 is 2.06 bits per heavy atom. The van der Waals surface area contributed by atoms with E-state index in [0.29, 0.717) is 5.56 Å². The molecule has 0 amide bonds. The van der Waals surface area contributed by atoms with Crippen LogP contribution in [-0.2, 0) is 14.6 Å². The van der Waals surface area contributed by atoms with Gasteiger partial charge in [0.2, 0.25) is 0 Å². The summed E-state index contributed by atoms with van der Waals surface area (Å²) in [5.74, 6) is -3.26. The minimum atomic E-state index is -3.44. The summed E-state index contributed by atoms with van der Waals surface area (Å²) in [7, 11) is -3.44. The van der Waals surface area contributed by atoms with Gasteiger partial charge in [0.05, 0.1) is 11.2 Å². The van der Waals surface area contributed by atoms with Crippen LogP contribution in [0.4, 0.5) is 4.39 Å². The van der Waals surface area contributed by atoms with Gasteiger partial charge in [0.15, 0.2) is 9.84 Å². The maximum atomic E-state index is 13.0. The number of carboxylic acids is 1. The van der Waals surface area contributed by atoms with E-state index in [1.54, 1.807) is 6.07 Å². The van der Waals surface area contributed by atoms with E-state index in [9.17, 15) is 17.6 Å². The average molecular weight is 258 g/mol. The van der Waals surface area contributed by atoms with Crippen molar-refractivity contribution in [3.05, 3.63) is 35.6 Å². The molecule has 1 N–H and O–H groups in total. The van der Waals surface area contributed by atoms with Gasteiger partial charge in [-0.25, -0.2) is 12.8 Å². The minimum Gasteiger partial charge on any atom is -0.481 e. The zero-order valence-electron chi connectivity index (χ0n) is 9.00. The maximum absolute atomic E-state index is 13.0. The molecule has 0 unspecified atom stereocenters. The molecule has 0 spiro atoms. The molecule has 1 aliphatic rings. The largest absolute Gasteiger partial charge is 0.481 e. The van der Waals surface area contributed by atoms with Crippen LogP contribution < -0.4 is 0 Å². The van der Waals surface area contributed by atoms with Crippen molar-refractivity contribution in [3.63, 3.8) is 0 Å². The van der Waals surface area contributed by atoms with Crippen LogP contribution in [0.1, 0.15) is 11.5 Å². The molecule has 0 bridgehead atoms. The molecular weight excluding hydrogens is 247 g/mol. The van der Waals surface area contributed by atoms with Crippen LogP contribution in [0.15, 0.2) is 24.3 Å². The number of rotatable bonds is 3. The third-order valence-corrected chi connectivity index (χ3v) is 4.54. The predicted octanol–water partition coefficient (Wildman–Crippen LogP) is 1.04. The van der Waals surface area contributed by atoms with Crippen LogP contribution in [0.5, 0.6) is 0 Å². The summed E-state index contributed by atoms with van der Waals surface area (Å²) in [6.07, 6.45) is 1.01. The highest BCUT2D eigenvalue weighted by atomic mass is 32.2. The summed E-state index contributed by atoms with van der Waals surface area (Å²) in [6.45, 7) is 0. The summed E-state index contributed by atoms with van der Waals surface area (Å²) in [4.78, 5) is 10.9. The Hall–Kier alpha value is -1.43. The summed E-state index contributed by atoms with van der Waals surface area (Å²) in [5, 5.41) is 7.99. The molecule has 4 nitrogen and oxygen atoms in total. The first-order chi connectivity index (χ1) is 7.82. The smallest absolute Gasteiger partial charge is 0.308 e. The molecule has 1 aliphatic carbocycles. The topological polar surface area (TPSA) is 71.4 Å². The van der Waals surface area contributed by atoms with Crippen molar-refractivity contribution >= 4 is 15.8 Å². The normalized spacial score (nSPS) is 27.8. The number of aliphatic carboxylic acids is 1. The Bertz CT molecular complexity index is 567. The molecule has 17 heavy (non-hydrogen) atoms. The van der Waals surface area contributed by atoms with Gasteiger partial charge >= 0.3 is 5.97 Å². The summed E-state index contributed by atoms with van der Waals surface area (Å²) >= 11 is 0. The number of carbonyl (C=O) groups is 1. The molecule has 1 saturated carbocycles.